The number of halogens is 3. The summed E-state index contributed by atoms with van der Waals surface area (Å²) >= 11 is 0. The van der Waals surface area contributed by atoms with Crippen LogP contribution in [0.15, 0.2) is 40.5 Å². The molecular weight excluding hydrogens is 341 g/mol. The number of hydrogen-bond donors (Lipinski definition) is 1. The van der Waals surface area contributed by atoms with Gasteiger partial charge in [0.1, 0.15) is 17.4 Å². The van der Waals surface area contributed by atoms with Gasteiger partial charge in [-0.05, 0) is 24.3 Å². The number of amides is 1. The predicted octanol–water partition coefficient (Wildman–Crippen LogP) is 2.79. The van der Waals surface area contributed by atoms with Gasteiger partial charge in [-0.2, -0.15) is 5.26 Å². The summed E-state index contributed by atoms with van der Waals surface area (Å²) in [6.45, 7) is -0.867. The molecule has 0 aliphatic rings. The Hall–Kier alpha value is -3.54. The molecular formula is C16H9F3N2O4. The maximum atomic E-state index is 13.4. The smallest absolute Gasteiger partial charge is 0.349 e. The van der Waals surface area contributed by atoms with E-state index in [-0.39, 0.29) is 5.76 Å². The molecule has 6 nitrogen and oxygen atoms in total. The summed E-state index contributed by atoms with van der Waals surface area (Å²) in [4.78, 5) is 23.3. The third kappa shape index (κ3) is 4.48. The minimum Gasteiger partial charge on any atom is -0.465 e. The predicted molar refractivity (Wildman–Crippen MR) is 78.2 cm³/mol. The van der Waals surface area contributed by atoms with Crippen molar-refractivity contribution in [2.24, 2.45) is 0 Å². The first-order valence-electron chi connectivity index (χ1n) is 6.68. The summed E-state index contributed by atoms with van der Waals surface area (Å²) < 4.78 is 48.8. The molecule has 0 aliphatic heterocycles. The molecule has 0 spiro atoms. The molecule has 1 amide bonds. The van der Waals surface area contributed by atoms with Crippen molar-refractivity contribution in [3.63, 3.8) is 0 Å². The monoisotopic (exact) mass is 350 g/mol. The highest BCUT2D eigenvalue weighted by Crippen LogP contribution is 2.19. The van der Waals surface area contributed by atoms with Crippen molar-refractivity contribution in [3.8, 4) is 6.07 Å². The molecule has 0 unspecified atom stereocenters. The molecule has 0 atom stereocenters. The van der Waals surface area contributed by atoms with E-state index < -0.39 is 47.2 Å². The Labute approximate surface area is 139 Å². The molecule has 9 heteroatoms. The quantitative estimate of drug-likeness (QED) is 0.387. The van der Waals surface area contributed by atoms with Crippen LogP contribution in [0.4, 0.5) is 18.9 Å². The average Bonchev–Trinajstić information content (AvgIpc) is 3.11. The fourth-order valence-corrected chi connectivity index (χ4v) is 1.67. The minimum atomic E-state index is -1.75. The molecule has 1 N–H and O–H groups in total. The van der Waals surface area contributed by atoms with Gasteiger partial charge in [-0.3, -0.25) is 4.79 Å². The van der Waals surface area contributed by atoms with E-state index in [1.165, 1.54) is 18.4 Å². The molecule has 0 saturated heterocycles. The van der Waals surface area contributed by atoms with Crippen LogP contribution in [0.5, 0.6) is 0 Å². The third-order valence-corrected chi connectivity index (χ3v) is 2.81. The van der Waals surface area contributed by atoms with Gasteiger partial charge in [-0.1, -0.05) is 0 Å². The summed E-state index contributed by atoms with van der Waals surface area (Å²) in [6, 6.07) is 6.04. The number of anilines is 1. The molecule has 0 aliphatic carbocycles. The van der Waals surface area contributed by atoms with E-state index in [1.807, 2.05) is 5.32 Å². The van der Waals surface area contributed by atoms with Gasteiger partial charge in [0, 0.05) is 6.08 Å². The number of nitrogens with zero attached hydrogens (tertiary/aromatic N) is 1. The van der Waals surface area contributed by atoms with E-state index in [4.69, 9.17) is 9.68 Å². The standard InChI is InChI=1S/C16H9F3N2O4/c17-11-3-4-12(15(19)14(11)18)21-13(22)8-25-16(23)9(7-20)6-10-2-1-5-24-10/h1-6H,8H2,(H,21,22)/b9-6+. The zero-order valence-corrected chi connectivity index (χ0v) is 12.4. The van der Waals surface area contributed by atoms with Gasteiger partial charge in [-0.15, -0.1) is 0 Å². The molecule has 25 heavy (non-hydrogen) atoms. The lowest BCUT2D eigenvalue weighted by Crippen LogP contribution is -2.22. The second-order valence-corrected chi connectivity index (χ2v) is 4.53. The van der Waals surface area contributed by atoms with Crippen LogP contribution in [0.2, 0.25) is 0 Å². The fourth-order valence-electron chi connectivity index (χ4n) is 1.67. The first-order valence-corrected chi connectivity index (χ1v) is 6.68. The maximum absolute atomic E-state index is 13.4. The van der Waals surface area contributed by atoms with E-state index in [0.717, 1.165) is 12.1 Å². The van der Waals surface area contributed by atoms with Gasteiger partial charge in [0.05, 0.1) is 12.0 Å². The van der Waals surface area contributed by atoms with Crippen LogP contribution in [0.1, 0.15) is 5.76 Å². The van der Waals surface area contributed by atoms with Crippen molar-refractivity contribution in [1.29, 1.82) is 5.26 Å². The number of nitriles is 1. The van der Waals surface area contributed by atoms with Crippen LogP contribution >= 0.6 is 0 Å². The number of carbonyl (C=O) groups is 2. The van der Waals surface area contributed by atoms with Crippen molar-refractivity contribution < 1.29 is 31.9 Å². The molecule has 128 valence electrons. The number of hydrogen-bond acceptors (Lipinski definition) is 5. The zero-order chi connectivity index (χ0) is 18.4. The largest absolute Gasteiger partial charge is 0.465 e. The second-order valence-electron chi connectivity index (χ2n) is 4.53. The topological polar surface area (TPSA) is 92.3 Å². The summed E-state index contributed by atoms with van der Waals surface area (Å²) in [5, 5.41) is 10.8. The summed E-state index contributed by atoms with van der Waals surface area (Å²) in [6.07, 6.45) is 2.44. The lowest BCUT2D eigenvalue weighted by Gasteiger charge is -2.07. The van der Waals surface area contributed by atoms with Gasteiger partial charge in [0.15, 0.2) is 24.1 Å². The molecule has 2 rings (SSSR count). The highest BCUT2D eigenvalue weighted by atomic mass is 19.2. The van der Waals surface area contributed by atoms with Crippen LogP contribution in [0, 0.1) is 28.8 Å². The van der Waals surface area contributed by atoms with Gasteiger partial charge in [0.2, 0.25) is 0 Å². The van der Waals surface area contributed by atoms with E-state index >= 15 is 0 Å². The van der Waals surface area contributed by atoms with E-state index in [1.54, 1.807) is 6.07 Å². The Morgan fingerprint density at radius 1 is 1.24 bits per heavy atom. The molecule has 0 fully saturated rings. The molecule has 0 radical (unpaired) electrons. The number of furan rings is 1. The molecule has 2 aromatic rings. The maximum Gasteiger partial charge on any atom is 0.349 e. The lowest BCUT2D eigenvalue weighted by atomic mass is 10.2. The van der Waals surface area contributed by atoms with Crippen molar-refractivity contribution in [1.82, 2.24) is 0 Å². The third-order valence-electron chi connectivity index (χ3n) is 2.81. The molecule has 0 bridgehead atoms. The Balaban J connectivity index is 1.97. The van der Waals surface area contributed by atoms with Crippen LogP contribution in [-0.2, 0) is 14.3 Å². The Kier molecular flexibility index (Phi) is 5.58. The molecule has 1 aromatic carbocycles. The highest BCUT2D eigenvalue weighted by molar-refractivity contribution is 5.99. The van der Waals surface area contributed by atoms with Crippen LogP contribution in [-0.4, -0.2) is 18.5 Å². The summed E-state index contributed by atoms with van der Waals surface area (Å²) in [7, 11) is 0. The average molecular weight is 350 g/mol. The van der Waals surface area contributed by atoms with Crippen LogP contribution in [0.3, 0.4) is 0 Å². The molecule has 1 heterocycles. The number of benzene rings is 1. The van der Waals surface area contributed by atoms with Crippen molar-refractivity contribution >= 4 is 23.6 Å². The van der Waals surface area contributed by atoms with Gasteiger partial charge >= 0.3 is 5.97 Å². The highest BCUT2D eigenvalue weighted by Gasteiger charge is 2.17. The number of ether oxygens (including phenoxy) is 1. The lowest BCUT2D eigenvalue weighted by molar-refractivity contribution is -0.142. The SMILES string of the molecule is N#C/C(=C\c1ccco1)C(=O)OCC(=O)Nc1ccc(F)c(F)c1F. The summed E-state index contributed by atoms with van der Waals surface area (Å²) in [5.74, 6) is -6.64. The number of carbonyl (C=O) groups excluding carboxylic acids is 2. The Morgan fingerprint density at radius 3 is 2.64 bits per heavy atom. The van der Waals surface area contributed by atoms with Crippen molar-refractivity contribution in [3.05, 3.63) is 59.3 Å². The minimum absolute atomic E-state index is 0.224. The van der Waals surface area contributed by atoms with Gasteiger partial charge in [0.25, 0.3) is 5.91 Å². The van der Waals surface area contributed by atoms with Crippen molar-refractivity contribution in [2.75, 3.05) is 11.9 Å². The second kappa shape index (κ2) is 7.83. The van der Waals surface area contributed by atoms with E-state index in [2.05, 4.69) is 4.74 Å². The Morgan fingerprint density at radius 2 is 2.00 bits per heavy atom. The number of esters is 1. The van der Waals surface area contributed by atoms with Crippen LogP contribution in [0.25, 0.3) is 6.08 Å². The number of rotatable bonds is 5. The normalized spacial score (nSPS) is 10.9. The van der Waals surface area contributed by atoms with Gasteiger partial charge < -0.3 is 14.5 Å². The van der Waals surface area contributed by atoms with Crippen molar-refractivity contribution in [2.45, 2.75) is 0 Å². The zero-order valence-electron chi connectivity index (χ0n) is 12.4. The van der Waals surface area contributed by atoms with E-state index in [9.17, 15) is 22.8 Å². The van der Waals surface area contributed by atoms with Gasteiger partial charge in [-0.25, -0.2) is 18.0 Å². The fraction of sp³-hybridized carbons (Fsp3) is 0.0625. The first kappa shape index (κ1) is 17.8. The Bertz CT molecular complexity index is 870. The molecule has 0 saturated carbocycles. The number of nitrogens with one attached hydrogen (secondary N) is 1. The van der Waals surface area contributed by atoms with Crippen LogP contribution < -0.4 is 5.32 Å². The van der Waals surface area contributed by atoms with E-state index in [0.29, 0.717) is 6.07 Å². The summed E-state index contributed by atoms with van der Waals surface area (Å²) in [5.41, 5.74) is -1.05. The molecule has 1 aromatic heterocycles. The first-order chi connectivity index (χ1) is 11.9.